The molecule has 1 aromatic heterocycles. The van der Waals surface area contributed by atoms with E-state index in [-0.39, 0.29) is 11.9 Å². The van der Waals surface area contributed by atoms with E-state index in [9.17, 15) is 4.39 Å². The lowest BCUT2D eigenvalue weighted by molar-refractivity contribution is 0.427. The van der Waals surface area contributed by atoms with E-state index < -0.39 is 0 Å². The predicted molar refractivity (Wildman–Crippen MR) is 56.1 cm³/mol. The second kappa shape index (κ2) is 3.98. The first-order valence-electron chi connectivity index (χ1n) is 4.98. The fourth-order valence-electron chi connectivity index (χ4n) is 1.57. The summed E-state index contributed by atoms with van der Waals surface area (Å²) in [5.41, 5.74) is 1.19. The first-order chi connectivity index (χ1) is 7.24. The first kappa shape index (κ1) is 10.1. The summed E-state index contributed by atoms with van der Waals surface area (Å²) in [6, 6.07) is 4.44. The minimum Gasteiger partial charge on any atom is -0.439 e. The molecule has 15 heavy (non-hydrogen) atoms. The Bertz CT molecular complexity index is 463. The summed E-state index contributed by atoms with van der Waals surface area (Å²) in [6.07, 6.45) is 0.881. The van der Waals surface area contributed by atoms with Crippen molar-refractivity contribution in [2.75, 3.05) is 7.05 Å². The number of rotatable bonds is 3. The maximum Gasteiger partial charge on any atom is 0.212 e. The van der Waals surface area contributed by atoms with E-state index in [4.69, 9.17) is 4.42 Å². The zero-order valence-corrected chi connectivity index (χ0v) is 8.75. The standard InChI is InChI=1S/C11H13FN2O/c1-3-8(13-2)11-14-9-6-7(12)4-5-10(9)15-11/h4-6,8,13H,3H2,1-2H3. The van der Waals surface area contributed by atoms with Crippen molar-refractivity contribution in [1.29, 1.82) is 0 Å². The molecule has 0 saturated heterocycles. The monoisotopic (exact) mass is 208 g/mol. The van der Waals surface area contributed by atoms with E-state index in [1.165, 1.54) is 12.1 Å². The van der Waals surface area contributed by atoms with Gasteiger partial charge in [0.2, 0.25) is 5.89 Å². The molecule has 1 aromatic carbocycles. The lowest BCUT2D eigenvalue weighted by atomic mass is 10.2. The molecule has 2 rings (SSSR count). The normalized spacial score (nSPS) is 13.3. The molecule has 0 aliphatic carbocycles. The van der Waals surface area contributed by atoms with Gasteiger partial charge in [-0.15, -0.1) is 0 Å². The first-order valence-corrected chi connectivity index (χ1v) is 4.98. The van der Waals surface area contributed by atoms with Gasteiger partial charge in [0, 0.05) is 6.07 Å². The molecule has 1 unspecified atom stereocenters. The number of fused-ring (bicyclic) bond motifs is 1. The SMILES string of the molecule is CCC(NC)c1nc2cc(F)ccc2o1. The van der Waals surface area contributed by atoms with E-state index in [1.54, 1.807) is 6.07 Å². The van der Waals surface area contributed by atoms with Crippen LogP contribution in [0.5, 0.6) is 0 Å². The lowest BCUT2D eigenvalue weighted by Gasteiger charge is -2.07. The van der Waals surface area contributed by atoms with Crippen LogP contribution in [0.3, 0.4) is 0 Å². The van der Waals surface area contributed by atoms with E-state index in [0.29, 0.717) is 17.0 Å². The molecule has 0 fully saturated rings. The van der Waals surface area contributed by atoms with Crippen molar-refractivity contribution in [3.05, 3.63) is 29.9 Å². The summed E-state index contributed by atoms with van der Waals surface area (Å²) in [5.74, 6) is 0.320. The lowest BCUT2D eigenvalue weighted by Crippen LogP contribution is -2.15. The van der Waals surface area contributed by atoms with Crippen molar-refractivity contribution in [2.45, 2.75) is 19.4 Å². The van der Waals surface area contributed by atoms with Gasteiger partial charge in [0.05, 0.1) is 6.04 Å². The summed E-state index contributed by atoms with van der Waals surface area (Å²) in [6.45, 7) is 2.04. The molecule has 4 heteroatoms. The van der Waals surface area contributed by atoms with Crippen LogP contribution in [0.1, 0.15) is 25.3 Å². The Labute approximate surface area is 87.3 Å². The van der Waals surface area contributed by atoms with Gasteiger partial charge in [-0.2, -0.15) is 0 Å². The average molecular weight is 208 g/mol. The van der Waals surface area contributed by atoms with Gasteiger partial charge in [0.1, 0.15) is 11.3 Å². The Morgan fingerprint density at radius 2 is 2.33 bits per heavy atom. The Morgan fingerprint density at radius 1 is 1.53 bits per heavy atom. The molecular weight excluding hydrogens is 195 g/mol. The predicted octanol–water partition coefficient (Wildman–Crippen LogP) is 2.64. The maximum absolute atomic E-state index is 12.9. The number of aromatic nitrogens is 1. The Balaban J connectivity index is 2.46. The van der Waals surface area contributed by atoms with Crippen LogP contribution in [0.25, 0.3) is 11.1 Å². The molecule has 80 valence electrons. The van der Waals surface area contributed by atoms with Crippen LogP contribution in [0.4, 0.5) is 4.39 Å². The van der Waals surface area contributed by atoms with Crippen molar-refractivity contribution in [2.24, 2.45) is 0 Å². The molecule has 1 atom stereocenters. The maximum atomic E-state index is 12.9. The van der Waals surface area contributed by atoms with Gasteiger partial charge in [0.15, 0.2) is 5.58 Å². The van der Waals surface area contributed by atoms with E-state index in [2.05, 4.69) is 10.3 Å². The van der Waals surface area contributed by atoms with Crippen molar-refractivity contribution in [1.82, 2.24) is 10.3 Å². The molecule has 1 heterocycles. The highest BCUT2D eigenvalue weighted by atomic mass is 19.1. The summed E-state index contributed by atoms with van der Waals surface area (Å²) >= 11 is 0. The molecule has 0 amide bonds. The highest BCUT2D eigenvalue weighted by Gasteiger charge is 2.14. The van der Waals surface area contributed by atoms with Crippen LogP contribution < -0.4 is 5.32 Å². The zero-order chi connectivity index (χ0) is 10.8. The average Bonchev–Trinajstić information content (AvgIpc) is 2.62. The summed E-state index contributed by atoms with van der Waals surface area (Å²) in [4.78, 5) is 4.25. The molecule has 0 aliphatic rings. The third-order valence-corrected chi connectivity index (χ3v) is 2.42. The number of hydrogen-bond acceptors (Lipinski definition) is 3. The minimum atomic E-state index is -0.292. The Morgan fingerprint density at radius 3 is 3.00 bits per heavy atom. The summed E-state index contributed by atoms with van der Waals surface area (Å²) in [7, 11) is 1.85. The van der Waals surface area contributed by atoms with Gasteiger partial charge in [-0.1, -0.05) is 6.92 Å². The number of benzene rings is 1. The molecule has 2 aromatic rings. The van der Waals surface area contributed by atoms with Crippen LogP contribution in [-0.2, 0) is 0 Å². The van der Waals surface area contributed by atoms with Crippen LogP contribution in [-0.4, -0.2) is 12.0 Å². The molecule has 0 radical (unpaired) electrons. The van der Waals surface area contributed by atoms with Crippen LogP contribution in [0, 0.1) is 5.82 Å². The highest BCUT2D eigenvalue weighted by molar-refractivity contribution is 5.72. The topological polar surface area (TPSA) is 38.1 Å². The van der Waals surface area contributed by atoms with Crippen molar-refractivity contribution in [3.63, 3.8) is 0 Å². The summed E-state index contributed by atoms with van der Waals surface area (Å²) < 4.78 is 18.4. The fourth-order valence-corrected chi connectivity index (χ4v) is 1.57. The van der Waals surface area contributed by atoms with Gasteiger partial charge in [-0.05, 0) is 25.6 Å². The molecule has 0 spiro atoms. The smallest absolute Gasteiger partial charge is 0.212 e. The largest absolute Gasteiger partial charge is 0.439 e. The van der Waals surface area contributed by atoms with Gasteiger partial charge in [-0.25, -0.2) is 9.37 Å². The van der Waals surface area contributed by atoms with Crippen LogP contribution in [0.15, 0.2) is 22.6 Å². The number of oxazole rings is 1. The van der Waals surface area contributed by atoms with E-state index in [1.807, 2.05) is 14.0 Å². The van der Waals surface area contributed by atoms with Gasteiger partial charge in [0.25, 0.3) is 0 Å². The Hall–Kier alpha value is -1.42. The van der Waals surface area contributed by atoms with E-state index in [0.717, 1.165) is 6.42 Å². The third-order valence-electron chi connectivity index (χ3n) is 2.42. The van der Waals surface area contributed by atoms with Gasteiger partial charge in [-0.3, -0.25) is 0 Å². The van der Waals surface area contributed by atoms with E-state index >= 15 is 0 Å². The van der Waals surface area contributed by atoms with Gasteiger partial charge >= 0.3 is 0 Å². The second-order valence-electron chi connectivity index (χ2n) is 3.41. The molecule has 3 nitrogen and oxygen atoms in total. The Kier molecular flexibility index (Phi) is 2.68. The molecule has 0 aliphatic heterocycles. The fraction of sp³-hybridized carbons (Fsp3) is 0.364. The molecule has 0 saturated carbocycles. The quantitative estimate of drug-likeness (QED) is 0.842. The third kappa shape index (κ3) is 1.85. The highest BCUT2D eigenvalue weighted by Crippen LogP contribution is 2.22. The zero-order valence-electron chi connectivity index (χ0n) is 8.75. The number of halogens is 1. The number of nitrogens with zero attached hydrogens (tertiary/aromatic N) is 1. The molecule has 1 N–H and O–H groups in total. The molecular formula is C11H13FN2O. The summed E-state index contributed by atoms with van der Waals surface area (Å²) in [5, 5.41) is 3.09. The second-order valence-corrected chi connectivity index (χ2v) is 3.41. The van der Waals surface area contributed by atoms with Gasteiger partial charge < -0.3 is 9.73 Å². The van der Waals surface area contributed by atoms with Crippen molar-refractivity contribution in [3.8, 4) is 0 Å². The van der Waals surface area contributed by atoms with Crippen LogP contribution in [0.2, 0.25) is 0 Å². The van der Waals surface area contributed by atoms with Crippen molar-refractivity contribution < 1.29 is 8.81 Å². The van der Waals surface area contributed by atoms with Crippen LogP contribution >= 0.6 is 0 Å². The number of nitrogens with one attached hydrogen (secondary N) is 1. The number of hydrogen-bond donors (Lipinski definition) is 1. The molecule has 0 bridgehead atoms. The minimum absolute atomic E-state index is 0.0838. The van der Waals surface area contributed by atoms with Crippen molar-refractivity contribution >= 4 is 11.1 Å².